The lowest BCUT2D eigenvalue weighted by Crippen LogP contribution is -2.35. The topological polar surface area (TPSA) is 58.1 Å². The van der Waals surface area contributed by atoms with Crippen LogP contribution in [0.3, 0.4) is 0 Å². The number of aryl methyl sites for hydroxylation is 1. The lowest BCUT2D eigenvalue weighted by molar-refractivity contribution is 0.0928. The fourth-order valence-corrected chi connectivity index (χ4v) is 3.62. The fourth-order valence-electron chi connectivity index (χ4n) is 3.62. The molecule has 2 aromatic rings. The van der Waals surface area contributed by atoms with E-state index in [-0.39, 0.29) is 11.9 Å². The van der Waals surface area contributed by atoms with Gasteiger partial charge in [-0.2, -0.15) is 0 Å². The summed E-state index contributed by atoms with van der Waals surface area (Å²) in [6, 6.07) is 12.3. The first-order valence-corrected chi connectivity index (χ1v) is 10.1. The van der Waals surface area contributed by atoms with Crippen LogP contribution in [-0.4, -0.2) is 28.5 Å². The summed E-state index contributed by atoms with van der Waals surface area (Å²) in [7, 11) is 0. The maximum absolute atomic E-state index is 12.8. The molecule has 1 saturated carbocycles. The molecular weight excluding hydrogens is 336 g/mol. The minimum atomic E-state index is -0.0792. The standard InChI is InChI=1S/C22H30N4O/c1-3-26(16-18-11-7-6-8-12-18)22-23-17(2)15-20(25-22)21(27)24-19-13-9-4-5-10-14-19/h6-8,11-12,15,19H,3-5,9-10,13-14,16H2,1-2H3,(H,24,27). The van der Waals surface area contributed by atoms with E-state index in [2.05, 4.69) is 39.2 Å². The second kappa shape index (κ2) is 9.49. The SMILES string of the molecule is CCN(Cc1ccccc1)c1nc(C)cc(C(=O)NC2CCCCCC2)n1. The number of rotatable bonds is 6. The highest BCUT2D eigenvalue weighted by molar-refractivity contribution is 5.92. The van der Waals surface area contributed by atoms with Crippen molar-refractivity contribution in [1.29, 1.82) is 0 Å². The minimum Gasteiger partial charge on any atom is -0.348 e. The molecule has 0 bridgehead atoms. The Morgan fingerprint density at radius 2 is 1.81 bits per heavy atom. The predicted octanol–water partition coefficient (Wildman–Crippen LogP) is 4.26. The number of nitrogens with one attached hydrogen (secondary N) is 1. The molecule has 5 heteroatoms. The van der Waals surface area contributed by atoms with E-state index in [0.29, 0.717) is 11.6 Å². The monoisotopic (exact) mass is 366 g/mol. The van der Waals surface area contributed by atoms with Gasteiger partial charge in [0.05, 0.1) is 0 Å². The Morgan fingerprint density at radius 3 is 2.48 bits per heavy atom. The van der Waals surface area contributed by atoms with E-state index in [1.807, 2.05) is 25.1 Å². The van der Waals surface area contributed by atoms with E-state index >= 15 is 0 Å². The third kappa shape index (κ3) is 5.52. The van der Waals surface area contributed by atoms with Crippen LogP contribution in [0.5, 0.6) is 0 Å². The first-order valence-electron chi connectivity index (χ1n) is 10.1. The zero-order valence-corrected chi connectivity index (χ0v) is 16.4. The maximum Gasteiger partial charge on any atom is 0.270 e. The Morgan fingerprint density at radius 1 is 1.11 bits per heavy atom. The van der Waals surface area contributed by atoms with Crippen LogP contribution in [0.25, 0.3) is 0 Å². The third-order valence-corrected chi connectivity index (χ3v) is 5.15. The molecule has 1 fully saturated rings. The Kier molecular flexibility index (Phi) is 6.80. The van der Waals surface area contributed by atoms with E-state index in [0.717, 1.165) is 31.6 Å². The van der Waals surface area contributed by atoms with Crippen molar-refractivity contribution in [2.45, 2.75) is 65.0 Å². The van der Waals surface area contributed by atoms with Crippen LogP contribution >= 0.6 is 0 Å². The molecule has 144 valence electrons. The van der Waals surface area contributed by atoms with Gasteiger partial charge in [-0.05, 0) is 38.3 Å². The van der Waals surface area contributed by atoms with E-state index < -0.39 is 0 Å². The Labute approximate surface area is 162 Å². The lowest BCUT2D eigenvalue weighted by atomic mass is 10.1. The number of carbonyl (C=O) groups excluding carboxylic acids is 1. The maximum atomic E-state index is 12.8. The Bertz CT molecular complexity index is 739. The highest BCUT2D eigenvalue weighted by Crippen LogP contribution is 2.18. The zero-order chi connectivity index (χ0) is 19.1. The van der Waals surface area contributed by atoms with Crippen LogP contribution in [0, 0.1) is 6.92 Å². The molecule has 1 aromatic heterocycles. The molecule has 1 aliphatic rings. The Balaban J connectivity index is 1.75. The van der Waals surface area contributed by atoms with Gasteiger partial charge in [-0.15, -0.1) is 0 Å². The van der Waals surface area contributed by atoms with Gasteiger partial charge in [0, 0.05) is 24.8 Å². The highest BCUT2D eigenvalue weighted by Gasteiger charge is 2.19. The van der Waals surface area contributed by atoms with E-state index in [4.69, 9.17) is 0 Å². The summed E-state index contributed by atoms with van der Waals surface area (Å²) in [5.74, 6) is 0.539. The van der Waals surface area contributed by atoms with Crippen LogP contribution in [0.1, 0.15) is 67.2 Å². The molecule has 1 heterocycles. The number of benzene rings is 1. The van der Waals surface area contributed by atoms with Crippen molar-refractivity contribution < 1.29 is 4.79 Å². The summed E-state index contributed by atoms with van der Waals surface area (Å²) >= 11 is 0. The van der Waals surface area contributed by atoms with Crippen molar-refractivity contribution in [1.82, 2.24) is 15.3 Å². The molecule has 1 N–H and O–H groups in total. The third-order valence-electron chi connectivity index (χ3n) is 5.15. The number of nitrogens with zero attached hydrogens (tertiary/aromatic N) is 3. The average molecular weight is 367 g/mol. The minimum absolute atomic E-state index is 0.0792. The van der Waals surface area contributed by atoms with Gasteiger partial charge in [0.25, 0.3) is 5.91 Å². The summed E-state index contributed by atoms with van der Waals surface area (Å²) in [6.45, 7) is 5.51. The highest BCUT2D eigenvalue weighted by atomic mass is 16.1. The van der Waals surface area contributed by atoms with Gasteiger partial charge in [0.2, 0.25) is 5.95 Å². The number of anilines is 1. The zero-order valence-electron chi connectivity index (χ0n) is 16.4. The summed E-state index contributed by atoms with van der Waals surface area (Å²) in [5, 5.41) is 3.19. The molecule has 0 radical (unpaired) electrons. The van der Waals surface area contributed by atoms with E-state index in [9.17, 15) is 4.79 Å². The van der Waals surface area contributed by atoms with Crippen LogP contribution in [0.15, 0.2) is 36.4 Å². The normalized spacial score (nSPS) is 15.2. The number of hydrogen-bond donors (Lipinski definition) is 1. The largest absolute Gasteiger partial charge is 0.348 e. The molecule has 1 aromatic carbocycles. The number of aromatic nitrogens is 2. The molecule has 1 aliphatic carbocycles. The van der Waals surface area contributed by atoms with Crippen LogP contribution in [-0.2, 0) is 6.54 Å². The molecule has 27 heavy (non-hydrogen) atoms. The Hall–Kier alpha value is -2.43. The lowest BCUT2D eigenvalue weighted by Gasteiger charge is -2.22. The smallest absolute Gasteiger partial charge is 0.270 e. The van der Waals surface area contributed by atoms with Crippen molar-refractivity contribution in [3.05, 3.63) is 53.3 Å². The number of amides is 1. The number of hydrogen-bond acceptors (Lipinski definition) is 4. The molecule has 0 unspecified atom stereocenters. The van der Waals surface area contributed by atoms with Crippen molar-refractivity contribution in [2.75, 3.05) is 11.4 Å². The van der Waals surface area contributed by atoms with Gasteiger partial charge in [-0.25, -0.2) is 9.97 Å². The van der Waals surface area contributed by atoms with Crippen molar-refractivity contribution >= 4 is 11.9 Å². The van der Waals surface area contributed by atoms with E-state index in [1.165, 1.54) is 31.2 Å². The second-order valence-electron chi connectivity index (χ2n) is 7.36. The van der Waals surface area contributed by atoms with Crippen molar-refractivity contribution in [3.63, 3.8) is 0 Å². The van der Waals surface area contributed by atoms with Gasteiger partial charge >= 0.3 is 0 Å². The van der Waals surface area contributed by atoms with Gasteiger partial charge in [-0.1, -0.05) is 56.0 Å². The summed E-state index contributed by atoms with van der Waals surface area (Å²) < 4.78 is 0. The second-order valence-corrected chi connectivity index (χ2v) is 7.36. The van der Waals surface area contributed by atoms with E-state index in [1.54, 1.807) is 6.07 Å². The predicted molar refractivity (Wildman–Crippen MR) is 109 cm³/mol. The first kappa shape index (κ1) is 19.3. The van der Waals surface area contributed by atoms with Crippen LogP contribution < -0.4 is 10.2 Å². The summed E-state index contributed by atoms with van der Waals surface area (Å²) in [4.78, 5) is 24.1. The average Bonchev–Trinajstić information content (AvgIpc) is 2.95. The molecule has 0 spiro atoms. The molecule has 0 saturated heterocycles. The fraction of sp³-hybridized carbons (Fsp3) is 0.500. The molecule has 3 rings (SSSR count). The number of carbonyl (C=O) groups is 1. The molecule has 5 nitrogen and oxygen atoms in total. The molecular formula is C22H30N4O. The van der Waals surface area contributed by atoms with Gasteiger partial charge in [0.15, 0.2) is 0 Å². The molecule has 0 aliphatic heterocycles. The quantitative estimate of drug-likeness (QED) is 0.776. The summed E-state index contributed by atoms with van der Waals surface area (Å²) in [5.41, 5.74) is 2.49. The van der Waals surface area contributed by atoms with Gasteiger partial charge in [0.1, 0.15) is 5.69 Å². The van der Waals surface area contributed by atoms with Crippen molar-refractivity contribution in [3.8, 4) is 0 Å². The van der Waals surface area contributed by atoms with Gasteiger partial charge in [-0.3, -0.25) is 4.79 Å². The van der Waals surface area contributed by atoms with Crippen LogP contribution in [0.2, 0.25) is 0 Å². The van der Waals surface area contributed by atoms with Crippen molar-refractivity contribution in [2.24, 2.45) is 0 Å². The van der Waals surface area contributed by atoms with Gasteiger partial charge < -0.3 is 10.2 Å². The molecule has 0 atom stereocenters. The first-order chi connectivity index (χ1) is 13.2. The molecule has 1 amide bonds. The van der Waals surface area contributed by atoms with Crippen LogP contribution in [0.4, 0.5) is 5.95 Å². The summed E-state index contributed by atoms with van der Waals surface area (Å²) in [6.07, 6.45) is 7.07.